The van der Waals surface area contributed by atoms with Gasteiger partial charge < -0.3 is 15.3 Å². The lowest BCUT2D eigenvalue weighted by Crippen LogP contribution is -2.42. The van der Waals surface area contributed by atoms with Crippen molar-refractivity contribution in [1.82, 2.24) is 15.1 Å². The Bertz CT molecular complexity index is 939. The Morgan fingerprint density at radius 3 is 3.00 bits per heavy atom. The SMILES string of the molecule is CCN1CCC[C@@H](Nc2nnc(-c3ccc4ccsc4c3)c(C)c2CO)C1. The molecule has 1 fully saturated rings. The molecule has 0 spiro atoms. The van der Waals surface area contributed by atoms with E-state index < -0.39 is 0 Å². The Morgan fingerprint density at radius 1 is 1.30 bits per heavy atom. The van der Waals surface area contributed by atoms with Gasteiger partial charge in [0.2, 0.25) is 0 Å². The van der Waals surface area contributed by atoms with Crippen LogP contribution in [-0.2, 0) is 6.61 Å². The summed E-state index contributed by atoms with van der Waals surface area (Å²) in [7, 11) is 0. The molecule has 5 nitrogen and oxygen atoms in total. The fourth-order valence-electron chi connectivity index (χ4n) is 3.90. The fourth-order valence-corrected chi connectivity index (χ4v) is 4.72. The third-order valence-electron chi connectivity index (χ3n) is 5.53. The van der Waals surface area contributed by atoms with Gasteiger partial charge in [-0.2, -0.15) is 0 Å². The monoisotopic (exact) mass is 382 g/mol. The molecular weight excluding hydrogens is 356 g/mol. The van der Waals surface area contributed by atoms with E-state index in [4.69, 9.17) is 0 Å². The highest BCUT2D eigenvalue weighted by Gasteiger charge is 2.21. The Morgan fingerprint density at radius 2 is 2.19 bits per heavy atom. The van der Waals surface area contributed by atoms with E-state index in [-0.39, 0.29) is 6.61 Å². The van der Waals surface area contributed by atoms with E-state index in [1.807, 2.05) is 6.92 Å². The minimum Gasteiger partial charge on any atom is -0.392 e. The van der Waals surface area contributed by atoms with E-state index >= 15 is 0 Å². The van der Waals surface area contributed by atoms with E-state index in [0.29, 0.717) is 6.04 Å². The Labute approximate surface area is 164 Å². The molecule has 3 heterocycles. The number of aliphatic hydroxyl groups excluding tert-OH is 1. The lowest BCUT2D eigenvalue weighted by Gasteiger charge is -2.32. The molecule has 0 unspecified atom stereocenters. The van der Waals surface area contributed by atoms with E-state index in [1.54, 1.807) is 11.3 Å². The van der Waals surface area contributed by atoms with Crippen LogP contribution in [0, 0.1) is 6.92 Å². The van der Waals surface area contributed by atoms with Gasteiger partial charge in [-0.25, -0.2) is 0 Å². The zero-order valence-electron chi connectivity index (χ0n) is 15.9. The highest BCUT2D eigenvalue weighted by Crippen LogP contribution is 2.31. The number of nitrogens with zero attached hydrogens (tertiary/aromatic N) is 3. The van der Waals surface area contributed by atoms with E-state index in [0.717, 1.165) is 54.3 Å². The van der Waals surface area contributed by atoms with Crippen LogP contribution < -0.4 is 5.32 Å². The van der Waals surface area contributed by atoms with Crippen molar-refractivity contribution in [3.63, 3.8) is 0 Å². The molecule has 1 aliphatic heterocycles. The number of anilines is 1. The molecule has 0 bridgehead atoms. The number of nitrogens with one attached hydrogen (secondary N) is 1. The number of aliphatic hydroxyl groups is 1. The van der Waals surface area contributed by atoms with Gasteiger partial charge in [-0.05, 0) is 61.3 Å². The lowest BCUT2D eigenvalue weighted by molar-refractivity contribution is 0.226. The summed E-state index contributed by atoms with van der Waals surface area (Å²) in [5.74, 6) is 0.721. The highest BCUT2D eigenvalue weighted by atomic mass is 32.1. The van der Waals surface area contributed by atoms with Crippen LogP contribution in [0.1, 0.15) is 30.9 Å². The van der Waals surface area contributed by atoms with Crippen LogP contribution in [0.3, 0.4) is 0 Å². The number of piperidine rings is 1. The quantitative estimate of drug-likeness (QED) is 0.697. The number of thiophene rings is 1. The summed E-state index contributed by atoms with van der Waals surface area (Å²) in [6, 6.07) is 8.84. The number of likely N-dealkylation sites (N-methyl/N-ethyl adjacent to an activating group) is 1. The average Bonchev–Trinajstić information content (AvgIpc) is 3.16. The molecule has 1 aromatic carbocycles. The van der Waals surface area contributed by atoms with Crippen LogP contribution in [-0.4, -0.2) is 45.9 Å². The van der Waals surface area contributed by atoms with Crippen LogP contribution in [0.2, 0.25) is 0 Å². The van der Waals surface area contributed by atoms with Crippen molar-refractivity contribution in [2.75, 3.05) is 25.0 Å². The first-order valence-electron chi connectivity index (χ1n) is 9.63. The third kappa shape index (κ3) is 3.70. The molecule has 0 aliphatic carbocycles. The van der Waals surface area contributed by atoms with Gasteiger partial charge in [0.05, 0.1) is 12.3 Å². The smallest absolute Gasteiger partial charge is 0.154 e. The molecule has 27 heavy (non-hydrogen) atoms. The molecule has 2 N–H and O–H groups in total. The molecule has 0 amide bonds. The zero-order chi connectivity index (χ0) is 18.8. The van der Waals surface area contributed by atoms with Gasteiger partial charge in [-0.1, -0.05) is 19.1 Å². The van der Waals surface area contributed by atoms with E-state index in [1.165, 1.54) is 16.5 Å². The Balaban J connectivity index is 1.64. The van der Waals surface area contributed by atoms with Gasteiger partial charge >= 0.3 is 0 Å². The van der Waals surface area contributed by atoms with Crippen molar-refractivity contribution in [3.8, 4) is 11.3 Å². The summed E-state index contributed by atoms with van der Waals surface area (Å²) in [5.41, 5.74) is 3.73. The van der Waals surface area contributed by atoms with Gasteiger partial charge in [0, 0.05) is 28.4 Å². The highest BCUT2D eigenvalue weighted by molar-refractivity contribution is 7.17. The zero-order valence-corrected chi connectivity index (χ0v) is 16.7. The second-order valence-electron chi connectivity index (χ2n) is 7.21. The number of hydrogen-bond acceptors (Lipinski definition) is 6. The second-order valence-corrected chi connectivity index (χ2v) is 8.16. The maximum absolute atomic E-state index is 10.0. The van der Waals surface area contributed by atoms with Gasteiger partial charge in [-0.3, -0.25) is 0 Å². The van der Waals surface area contributed by atoms with Crippen molar-refractivity contribution in [1.29, 1.82) is 0 Å². The van der Waals surface area contributed by atoms with Crippen LogP contribution in [0.25, 0.3) is 21.3 Å². The summed E-state index contributed by atoms with van der Waals surface area (Å²) < 4.78 is 1.24. The number of benzene rings is 1. The molecule has 6 heteroatoms. The first-order chi connectivity index (χ1) is 13.2. The molecule has 1 atom stereocenters. The van der Waals surface area contributed by atoms with Gasteiger partial charge in [-0.15, -0.1) is 21.5 Å². The molecular formula is C21H26N4OS. The van der Waals surface area contributed by atoms with Crippen LogP contribution in [0.4, 0.5) is 5.82 Å². The summed E-state index contributed by atoms with van der Waals surface area (Å²) >= 11 is 1.73. The van der Waals surface area contributed by atoms with Gasteiger partial charge in [0.25, 0.3) is 0 Å². The molecule has 2 aromatic heterocycles. The number of hydrogen-bond donors (Lipinski definition) is 2. The summed E-state index contributed by atoms with van der Waals surface area (Å²) in [5, 5.41) is 25.9. The first-order valence-corrected chi connectivity index (χ1v) is 10.5. The Kier molecular flexibility index (Phi) is 5.38. The molecule has 3 aromatic rings. The van der Waals surface area contributed by atoms with Crippen LogP contribution >= 0.6 is 11.3 Å². The van der Waals surface area contributed by atoms with Crippen LogP contribution in [0.15, 0.2) is 29.6 Å². The summed E-state index contributed by atoms with van der Waals surface area (Å²) in [6.07, 6.45) is 2.31. The van der Waals surface area contributed by atoms with E-state index in [2.05, 4.69) is 57.0 Å². The number of aromatic nitrogens is 2. The largest absolute Gasteiger partial charge is 0.392 e. The number of rotatable bonds is 5. The van der Waals surface area contributed by atoms with E-state index in [9.17, 15) is 5.11 Å². The summed E-state index contributed by atoms with van der Waals surface area (Å²) in [6.45, 7) is 7.43. The maximum atomic E-state index is 10.0. The third-order valence-corrected chi connectivity index (χ3v) is 6.40. The molecule has 0 saturated carbocycles. The van der Waals surface area contributed by atoms with Gasteiger partial charge in [0.15, 0.2) is 5.82 Å². The van der Waals surface area contributed by atoms with Crippen molar-refractivity contribution in [2.24, 2.45) is 0 Å². The molecule has 1 saturated heterocycles. The predicted octanol–water partition coefficient (Wildman–Crippen LogP) is 4.06. The standard InChI is InChI=1S/C21H26N4OS/c1-3-25-9-4-5-17(12-25)22-21-18(13-26)14(2)20(23-24-21)16-7-6-15-8-10-27-19(15)11-16/h6-8,10-11,17,26H,3-5,9,12-13H2,1-2H3,(H,22,24)/t17-/m1/s1. The molecule has 0 radical (unpaired) electrons. The van der Waals surface area contributed by atoms with Crippen molar-refractivity contribution in [3.05, 3.63) is 40.8 Å². The summed E-state index contributed by atoms with van der Waals surface area (Å²) in [4.78, 5) is 2.45. The predicted molar refractivity (Wildman–Crippen MR) is 112 cm³/mol. The average molecular weight is 383 g/mol. The minimum absolute atomic E-state index is 0.0395. The Hall–Kier alpha value is -2.02. The second kappa shape index (κ2) is 7.92. The number of likely N-dealkylation sites (tertiary alicyclic amines) is 1. The topological polar surface area (TPSA) is 61.3 Å². The molecule has 4 rings (SSSR count). The van der Waals surface area contributed by atoms with Crippen LogP contribution in [0.5, 0.6) is 0 Å². The fraction of sp³-hybridized carbons (Fsp3) is 0.429. The normalized spacial score (nSPS) is 18.1. The van der Waals surface area contributed by atoms with Crippen molar-refractivity contribution < 1.29 is 5.11 Å². The van der Waals surface area contributed by atoms with Crippen molar-refractivity contribution in [2.45, 2.75) is 39.3 Å². The molecule has 142 valence electrons. The maximum Gasteiger partial charge on any atom is 0.154 e. The number of fused-ring (bicyclic) bond motifs is 1. The minimum atomic E-state index is -0.0395. The molecule has 1 aliphatic rings. The first kappa shape index (κ1) is 18.3. The van der Waals surface area contributed by atoms with Gasteiger partial charge in [0.1, 0.15) is 0 Å². The van der Waals surface area contributed by atoms with Crippen molar-refractivity contribution >= 4 is 27.2 Å². The lowest BCUT2D eigenvalue weighted by atomic mass is 10.0.